The third kappa shape index (κ3) is 18.4. The largest absolute Gasteiger partial charge is 0.497 e. The van der Waals surface area contributed by atoms with Crippen molar-refractivity contribution in [2.24, 2.45) is 17.8 Å². The average Bonchev–Trinajstić information content (AvgIpc) is 3.87. The van der Waals surface area contributed by atoms with Crippen molar-refractivity contribution in [1.29, 1.82) is 0 Å². The number of benzene rings is 2. The van der Waals surface area contributed by atoms with Crippen molar-refractivity contribution in [1.82, 2.24) is 5.16 Å². The van der Waals surface area contributed by atoms with E-state index in [1.165, 1.54) is 25.9 Å². The predicted octanol–water partition coefficient (Wildman–Crippen LogP) is 14.2. The maximum absolute atomic E-state index is 14.6. The van der Waals surface area contributed by atoms with Crippen molar-refractivity contribution in [2.75, 3.05) is 21.3 Å². The third-order valence-corrected chi connectivity index (χ3v) is 26.5. The summed E-state index contributed by atoms with van der Waals surface area (Å²) in [6.07, 6.45) is 5.32. The summed E-state index contributed by atoms with van der Waals surface area (Å²) in [5.74, 6) is -2.34. The fourth-order valence-electron chi connectivity index (χ4n) is 10.0. The lowest BCUT2D eigenvalue weighted by atomic mass is 9.84. The first kappa shape index (κ1) is 66.5. The van der Waals surface area contributed by atoms with E-state index in [9.17, 15) is 14.4 Å². The van der Waals surface area contributed by atoms with Crippen LogP contribution in [0.3, 0.4) is 0 Å². The van der Waals surface area contributed by atoms with Crippen molar-refractivity contribution in [3.63, 3.8) is 0 Å². The lowest BCUT2D eigenvalue weighted by Crippen LogP contribution is -2.54. The van der Waals surface area contributed by atoms with Crippen molar-refractivity contribution >= 4 is 34.4 Å². The maximum Gasteiger partial charge on any atom is 0.330 e. The molecule has 2 aliphatic rings. The van der Waals surface area contributed by atoms with E-state index in [-0.39, 0.29) is 72.1 Å². The SMILES string of the molecule is COC(=O)/C=C1\C[C@H]([C@@H](CC[C@@H](O[Si](C)(C)C(C)(C)C)[C@@H](C)C(=O)CC[C@@H](C)c2cc(C[C@@H]3O[C@H](C=C(C)C)C[C@H](O[Si](C)(C)C(C)(C)C)[C@@H]3C)no2)OCc2ccc(OC)cc2)O[C@](OC)([C@H](C)C(=O)OCc2ccccc2)C1. The highest BCUT2D eigenvalue weighted by molar-refractivity contribution is 6.74. The van der Waals surface area contributed by atoms with Crippen LogP contribution in [0.1, 0.15) is 157 Å². The number of hydrogen-bond acceptors (Lipinski definition) is 14. The van der Waals surface area contributed by atoms with Gasteiger partial charge in [0.1, 0.15) is 29.8 Å². The Hall–Kier alpha value is -4.27. The number of aromatic nitrogens is 1. The minimum absolute atomic E-state index is 0.0490. The molecule has 80 heavy (non-hydrogen) atoms. The highest BCUT2D eigenvalue weighted by Crippen LogP contribution is 2.44. The standard InChI is InChI=1S/C64H99NO13Si2/c1-42(2)33-52-38-58(78-80(18,19)63(10,11)12)45(5)57(74-52)37-50-36-56(76-65-50)43(3)25-30-53(66)44(4)54(77-79(16,17)62(7,8)9)31-32-55(72-40-48-26-28-51(69-13)29-27-48)59-34-49(35-60(67)70-14)39-64(71-15,75-59)46(6)61(68)73-41-47-23-21-20-22-24-47/h20-24,26-29,33,35-36,43-46,52,54-55,57-59H,25,30-32,34,37-41H2,1-19H3/b49-35+/t43-,44+,45-,46-,52-,54-,55-,57+,58+,59-,64+/m1/s1. The van der Waals surface area contributed by atoms with Gasteiger partial charge in [0.05, 0.1) is 63.1 Å². The minimum atomic E-state index is -2.46. The van der Waals surface area contributed by atoms with Gasteiger partial charge in [0.2, 0.25) is 0 Å². The zero-order valence-corrected chi connectivity index (χ0v) is 54.0. The topological polar surface area (TPSA) is 160 Å². The minimum Gasteiger partial charge on any atom is -0.497 e. The fraction of sp³-hybridized carbons (Fsp3) is 0.656. The number of carbonyl (C=O) groups excluding carboxylic acids is 3. The van der Waals surface area contributed by atoms with Gasteiger partial charge in [0.15, 0.2) is 22.4 Å². The zero-order valence-electron chi connectivity index (χ0n) is 52.0. The molecular formula is C64H99NO13Si2. The van der Waals surface area contributed by atoms with E-state index in [4.69, 9.17) is 46.5 Å². The van der Waals surface area contributed by atoms with Gasteiger partial charge in [-0.1, -0.05) is 127 Å². The first-order valence-corrected chi connectivity index (χ1v) is 34.8. The van der Waals surface area contributed by atoms with E-state index >= 15 is 0 Å². The summed E-state index contributed by atoms with van der Waals surface area (Å²) >= 11 is 0. The normalized spacial score (nSPS) is 23.6. The van der Waals surface area contributed by atoms with Gasteiger partial charge in [-0.05, 0) is 106 Å². The number of methoxy groups -OCH3 is 3. The summed E-state index contributed by atoms with van der Waals surface area (Å²) in [7, 11) is -0.0507. The van der Waals surface area contributed by atoms with Gasteiger partial charge in [0, 0.05) is 62.7 Å². The second-order valence-electron chi connectivity index (χ2n) is 26.0. The molecule has 0 spiro atoms. The van der Waals surface area contributed by atoms with Gasteiger partial charge in [-0.15, -0.1) is 0 Å². The molecule has 3 heterocycles. The van der Waals surface area contributed by atoms with Crippen LogP contribution < -0.4 is 4.74 Å². The smallest absolute Gasteiger partial charge is 0.330 e. The molecule has 14 nitrogen and oxygen atoms in total. The Morgan fingerprint density at radius 3 is 2.10 bits per heavy atom. The van der Waals surface area contributed by atoms with E-state index in [0.717, 1.165) is 34.8 Å². The highest BCUT2D eigenvalue weighted by atomic mass is 28.4. The average molecular weight is 1150 g/mol. The number of Topliss-reactive ketones (excluding diaryl/α,β-unsaturated/α-hetero) is 1. The van der Waals surface area contributed by atoms with Crippen LogP contribution in [0, 0.1) is 17.8 Å². The molecule has 2 aromatic carbocycles. The number of carbonyl (C=O) groups is 3. The van der Waals surface area contributed by atoms with Gasteiger partial charge in [-0.2, -0.15) is 0 Å². The van der Waals surface area contributed by atoms with E-state index in [0.29, 0.717) is 37.7 Å². The molecule has 0 bridgehead atoms. The van der Waals surface area contributed by atoms with Crippen LogP contribution in [0.5, 0.6) is 5.75 Å². The number of ether oxygens (including phenoxy) is 7. The first-order valence-electron chi connectivity index (χ1n) is 29.0. The molecule has 2 aliphatic heterocycles. The van der Waals surface area contributed by atoms with Gasteiger partial charge >= 0.3 is 11.9 Å². The van der Waals surface area contributed by atoms with Gasteiger partial charge < -0.3 is 46.5 Å². The van der Waals surface area contributed by atoms with Crippen LogP contribution >= 0.6 is 0 Å². The Labute approximate surface area is 482 Å². The Balaban J connectivity index is 1.38. The van der Waals surface area contributed by atoms with Crippen LogP contribution in [-0.2, 0) is 71.3 Å². The first-order chi connectivity index (χ1) is 37.4. The zero-order chi connectivity index (χ0) is 59.4. The maximum atomic E-state index is 14.6. The molecule has 0 saturated carbocycles. The number of ketones is 1. The van der Waals surface area contributed by atoms with Crippen molar-refractivity contribution in [2.45, 2.75) is 232 Å². The quantitative estimate of drug-likeness (QED) is 0.0307. The summed E-state index contributed by atoms with van der Waals surface area (Å²) in [5, 5.41) is 4.49. The van der Waals surface area contributed by atoms with E-state index in [1.54, 1.807) is 14.0 Å². The Morgan fingerprint density at radius 1 is 0.850 bits per heavy atom. The number of nitrogens with zero attached hydrogens (tertiary/aromatic N) is 1. The van der Waals surface area contributed by atoms with Crippen LogP contribution in [-0.4, -0.2) is 103 Å². The van der Waals surface area contributed by atoms with Gasteiger partial charge in [0.25, 0.3) is 0 Å². The lowest BCUT2D eigenvalue weighted by molar-refractivity contribution is -0.297. The van der Waals surface area contributed by atoms with Crippen LogP contribution in [0.25, 0.3) is 0 Å². The van der Waals surface area contributed by atoms with Crippen LogP contribution in [0.2, 0.25) is 36.3 Å². The number of hydrogen-bond donors (Lipinski definition) is 0. The highest BCUT2D eigenvalue weighted by Gasteiger charge is 2.51. The molecule has 11 atom stereocenters. The van der Waals surface area contributed by atoms with E-state index < -0.39 is 64.5 Å². The van der Waals surface area contributed by atoms with Crippen molar-refractivity contribution in [3.05, 3.63) is 107 Å². The Bertz CT molecular complexity index is 2510. The van der Waals surface area contributed by atoms with Crippen LogP contribution in [0.4, 0.5) is 0 Å². The van der Waals surface area contributed by atoms with E-state index in [1.807, 2.05) is 67.6 Å². The summed E-state index contributed by atoms with van der Waals surface area (Å²) in [5.41, 5.74) is 4.46. The second-order valence-corrected chi connectivity index (χ2v) is 35.5. The van der Waals surface area contributed by atoms with Crippen LogP contribution in [0.15, 0.2) is 88.5 Å². The fourth-order valence-corrected chi connectivity index (χ4v) is 12.9. The van der Waals surface area contributed by atoms with Crippen molar-refractivity contribution < 1.29 is 60.9 Å². The molecule has 3 aromatic rings. The molecule has 16 heteroatoms. The number of esters is 2. The molecule has 0 N–H and O–H groups in total. The lowest BCUT2D eigenvalue weighted by Gasteiger charge is -2.46. The number of rotatable bonds is 27. The summed E-state index contributed by atoms with van der Waals surface area (Å²) in [6.45, 7) is 35.0. The molecule has 5 rings (SSSR count). The second kappa shape index (κ2) is 28.8. The molecule has 1 aromatic heterocycles. The Kier molecular flexibility index (Phi) is 24.0. The molecule has 2 fully saturated rings. The monoisotopic (exact) mass is 1150 g/mol. The summed E-state index contributed by atoms with van der Waals surface area (Å²) in [6, 6.07) is 19.1. The summed E-state index contributed by atoms with van der Waals surface area (Å²) < 4.78 is 63.6. The molecule has 2 saturated heterocycles. The van der Waals surface area contributed by atoms with E-state index in [2.05, 4.69) is 107 Å². The third-order valence-electron chi connectivity index (χ3n) is 17.5. The molecule has 0 aliphatic carbocycles. The molecule has 0 unspecified atom stereocenters. The van der Waals surface area contributed by atoms with Gasteiger partial charge in [-0.25, -0.2) is 4.79 Å². The summed E-state index contributed by atoms with van der Waals surface area (Å²) in [4.78, 5) is 41.5. The predicted molar refractivity (Wildman–Crippen MR) is 318 cm³/mol. The van der Waals surface area contributed by atoms with Crippen molar-refractivity contribution in [3.8, 4) is 5.75 Å². The molecular weight excluding hydrogens is 1050 g/mol. The Morgan fingerprint density at radius 2 is 1.50 bits per heavy atom. The molecule has 0 amide bonds. The molecule has 0 radical (unpaired) electrons. The van der Waals surface area contributed by atoms with Gasteiger partial charge in [-0.3, -0.25) is 9.59 Å². The molecule has 446 valence electrons. The number of allylic oxidation sites excluding steroid dienone is 1.